The number of benzene rings is 1. The molecule has 2 N–H and O–H groups in total. The molecule has 0 unspecified atom stereocenters. The Morgan fingerprint density at radius 1 is 1.11 bits per heavy atom. The quantitative estimate of drug-likeness (QED) is 0.657. The van der Waals surface area contributed by atoms with Crippen molar-refractivity contribution in [2.24, 2.45) is 0 Å². The molecule has 0 aliphatic rings. The van der Waals surface area contributed by atoms with Crippen molar-refractivity contribution in [3.63, 3.8) is 0 Å². The van der Waals surface area contributed by atoms with Crippen molar-refractivity contribution >= 4 is 23.3 Å². The zero-order valence-electron chi connectivity index (χ0n) is 9.31. The second-order valence-electron chi connectivity index (χ2n) is 3.90. The van der Waals surface area contributed by atoms with Crippen LogP contribution in [0.1, 0.15) is 0 Å². The van der Waals surface area contributed by atoms with E-state index in [0.717, 1.165) is 10.9 Å². The Morgan fingerprint density at radius 3 is 2.67 bits per heavy atom. The van der Waals surface area contributed by atoms with Crippen molar-refractivity contribution in [2.75, 3.05) is 0 Å². The van der Waals surface area contributed by atoms with Crippen molar-refractivity contribution in [2.45, 2.75) is 0 Å². The number of aromatic amines is 2. The van der Waals surface area contributed by atoms with E-state index in [1.165, 1.54) is 0 Å². The molecule has 2 heterocycles. The van der Waals surface area contributed by atoms with Crippen LogP contribution in [0.2, 0.25) is 0 Å². The first kappa shape index (κ1) is 10.9. The van der Waals surface area contributed by atoms with E-state index in [-0.39, 0.29) is 5.56 Å². The zero-order chi connectivity index (χ0) is 12.5. The molecule has 0 atom stereocenters. The molecular weight excluding hydrogens is 246 g/mol. The summed E-state index contributed by atoms with van der Waals surface area (Å²) in [7, 11) is 0. The predicted molar refractivity (Wildman–Crippen MR) is 73.0 cm³/mol. The largest absolute Gasteiger partial charge is 0.317 e. The van der Waals surface area contributed by atoms with Gasteiger partial charge in [-0.05, 0) is 23.8 Å². The summed E-state index contributed by atoms with van der Waals surface area (Å²) in [6, 6.07) is 11.3. The van der Waals surface area contributed by atoms with Crippen molar-refractivity contribution in [1.82, 2.24) is 15.0 Å². The van der Waals surface area contributed by atoms with E-state index < -0.39 is 0 Å². The summed E-state index contributed by atoms with van der Waals surface area (Å²) in [5, 5.41) is 0.821. The minimum atomic E-state index is -0.148. The summed E-state index contributed by atoms with van der Waals surface area (Å²) in [6.07, 6.45) is 1.65. The lowest BCUT2D eigenvalue weighted by atomic mass is 10.1. The minimum Gasteiger partial charge on any atom is -0.317 e. The van der Waals surface area contributed by atoms with E-state index in [1.54, 1.807) is 6.20 Å². The highest BCUT2D eigenvalue weighted by atomic mass is 32.1. The molecule has 0 aliphatic carbocycles. The van der Waals surface area contributed by atoms with Gasteiger partial charge in [-0.15, -0.1) is 0 Å². The van der Waals surface area contributed by atoms with Gasteiger partial charge in [0.15, 0.2) is 4.77 Å². The molecule has 0 saturated heterocycles. The SMILES string of the molecule is O=c1[nH]c2[nH]c(=S)ncc2cc1-c1ccccc1. The molecule has 88 valence electrons. The van der Waals surface area contributed by atoms with Gasteiger partial charge in [0.2, 0.25) is 0 Å². The normalized spacial score (nSPS) is 10.7. The first-order valence-corrected chi connectivity index (χ1v) is 5.83. The van der Waals surface area contributed by atoms with Gasteiger partial charge in [-0.3, -0.25) is 4.79 Å². The third-order valence-corrected chi connectivity index (χ3v) is 2.92. The number of pyridine rings is 1. The number of hydrogen-bond acceptors (Lipinski definition) is 3. The molecule has 0 amide bonds. The van der Waals surface area contributed by atoms with E-state index in [1.807, 2.05) is 36.4 Å². The highest BCUT2D eigenvalue weighted by Gasteiger charge is 2.05. The lowest BCUT2D eigenvalue weighted by molar-refractivity contribution is 1.14. The van der Waals surface area contributed by atoms with Gasteiger partial charge in [0.25, 0.3) is 5.56 Å². The predicted octanol–water partition coefficient (Wildman–Crippen LogP) is 2.65. The summed E-state index contributed by atoms with van der Waals surface area (Å²) in [4.78, 5) is 21.7. The van der Waals surface area contributed by atoms with Gasteiger partial charge >= 0.3 is 0 Å². The van der Waals surface area contributed by atoms with Crippen LogP contribution >= 0.6 is 12.2 Å². The fraction of sp³-hybridized carbons (Fsp3) is 0. The van der Waals surface area contributed by atoms with Gasteiger partial charge in [0.1, 0.15) is 5.65 Å². The average molecular weight is 255 g/mol. The van der Waals surface area contributed by atoms with E-state index in [9.17, 15) is 4.79 Å². The smallest absolute Gasteiger partial charge is 0.257 e. The molecule has 1 aromatic carbocycles. The van der Waals surface area contributed by atoms with Gasteiger partial charge in [-0.2, -0.15) is 0 Å². The molecule has 3 aromatic rings. The summed E-state index contributed by atoms with van der Waals surface area (Å²) < 4.78 is 0.352. The molecule has 2 aromatic heterocycles. The van der Waals surface area contributed by atoms with Crippen LogP contribution in [0.4, 0.5) is 0 Å². The Kier molecular flexibility index (Phi) is 2.53. The maximum Gasteiger partial charge on any atom is 0.257 e. The van der Waals surface area contributed by atoms with Crippen LogP contribution in [-0.4, -0.2) is 15.0 Å². The molecule has 0 fully saturated rings. The maximum atomic E-state index is 12.0. The number of hydrogen-bond donors (Lipinski definition) is 2. The lowest BCUT2D eigenvalue weighted by Crippen LogP contribution is -2.09. The topological polar surface area (TPSA) is 61.5 Å². The summed E-state index contributed by atoms with van der Waals surface area (Å²) in [5.74, 6) is 0. The highest BCUT2D eigenvalue weighted by Crippen LogP contribution is 2.17. The Hall–Kier alpha value is -2.27. The summed E-state index contributed by atoms with van der Waals surface area (Å²) >= 11 is 4.92. The standard InChI is InChI=1S/C13H9N3OS/c17-12-10(8-4-2-1-3-5-8)6-9-7-14-13(18)16-11(9)15-12/h1-7H,(H2,14,15,16,17,18). The first-order valence-electron chi connectivity index (χ1n) is 5.42. The Morgan fingerprint density at radius 2 is 1.89 bits per heavy atom. The molecule has 4 nitrogen and oxygen atoms in total. The van der Waals surface area contributed by atoms with Crippen LogP contribution in [-0.2, 0) is 0 Å². The number of H-pyrrole nitrogens is 2. The third kappa shape index (κ3) is 1.84. The fourth-order valence-electron chi connectivity index (χ4n) is 1.85. The minimum absolute atomic E-state index is 0.148. The number of rotatable bonds is 1. The van der Waals surface area contributed by atoms with Crippen LogP contribution in [0.15, 0.2) is 47.4 Å². The Balaban J connectivity index is 2.32. The van der Waals surface area contributed by atoms with Crippen molar-refractivity contribution in [3.8, 4) is 11.1 Å². The molecule has 0 spiro atoms. The maximum absolute atomic E-state index is 12.0. The number of nitrogens with zero attached hydrogens (tertiary/aromatic N) is 1. The Bertz CT molecular complexity index is 821. The number of aromatic nitrogens is 3. The third-order valence-electron chi connectivity index (χ3n) is 2.71. The van der Waals surface area contributed by atoms with Gasteiger partial charge in [0, 0.05) is 17.1 Å². The molecule has 0 aliphatic heterocycles. The van der Waals surface area contributed by atoms with Crippen LogP contribution in [0.5, 0.6) is 0 Å². The van der Waals surface area contributed by atoms with Crippen LogP contribution < -0.4 is 5.56 Å². The fourth-order valence-corrected chi connectivity index (χ4v) is 2.01. The summed E-state index contributed by atoms with van der Waals surface area (Å²) in [6.45, 7) is 0. The summed E-state index contributed by atoms with van der Waals surface area (Å²) in [5.41, 5.74) is 1.95. The van der Waals surface area contributed by atoms with Crippen LogP contribution in [0.3, 0.4) is 0 Å². The molecular formula is C13H9N3OS. The van der Waals surface area contributed by atoms with E-state index in [2.05, 4.69) is 15.0 Å². The Labute approximate surface area is 107 Å². The van der Waals surface area contributed by atoms with Gasteiger partial charge in [-0.25, -0.2) is 4.98 Å². The average Bonchev–Trinajstić information content (AvgIpc) is 2.39. The van der Waals surface area contributed by atoms with Crippen molar-refractivity contribution in [1.29, 1.82) is 0 Å². The second-order valence-corrected chi connectivity index (χ2v) is 4.28. The lowest BCUT2D eigenvalue weighted by Gasteiger charge is -2.02. The molecule has 0 saturated carbocycles. The van der Waals surface area contributed by atoms with Crippen LogP contribution in [0, 0.1) is 4.77 Å². The van der Waals surface area contributed by atoms with E-state index in [4.69, 9.17) is 12.2 Å². The van der Waals surface area contributed by atoms with Crippen molar-refractivity contribution in [3.05, 3.63) is 57.7 Å². The molecule has 3 rings (SSSR count). The number of fused-ring (bicyclic) bond motifs is 1. The number of nitrogens with one attached hydrogen (secondary N) is 2. The van der Waals surface area contributed by atoms with Gasteiger partial charge < -0.3 is 9.97 Å². The monoisotopic (exact) mass is 255 g/mol. The van der Waals surface area contributed by atoms with Crippen LogP contribution in [0.25, 0.3) is 22.2 Å². The zero-order valence-corrected chi connectivity index (χ0v) is 10.1. The highest BCUT2D eigenvalue weighted by molar-refractivity contribution is 7.71. The van der Waals surface area contributed by atoms with E-state index >= 15 is 0 Å². The molecule has 5 heteroatoms. The molecule has 18 heavy (non-hydrogen) atoms. The van der Waals surface area contributed by atoms with Crippen molar-refractivity contribution < 1.29 is 0 Å². The van der Waals surface area contributed by atoms with E-state index in [0.29, 0.717) is 16.0 Å². The van der Waals surface area contributed by atoms with Gasteiger partial charge in [0.05, 0.1) is 0 Å². The molecule has 0 bridgehead atoms. The first-order chi connectivity index (χ1) is 8.74. The molecule has 0 radical (unpaired) electrons. The van der Waals surface area contributed by atoms with Gasteiger partial charge in [-0.1, -0.05) is 30.3 Å². The second kappa shape index (κ2) is 4.19.